The van der Waals surface area contributed by atoms with Crippen LogP contribution in [0.5, 0.6) is 0 Å². The van der Waals surface area contributed by atoms with E-state index in [4.69, 9.17) is 4.74 Å². The van der Waals surface area contributed by atoms with E-state index in [-0.39, 0.29) is 12.8 Å². The number of aliphatic hydroxyl groups is 1. The van der Waals surface area contributed by atoms with E-state index in [2.05, 4.69) is 5.32 Å². The Hall–Kier alpha value is -1.37. The molecule has 6 nitrogen and oxygen atoms in total. The molecule has 0 radical (unpaired) electrons. The first-order valence-corrected chi connectivity index (χ1v) is 7.45. The van der Waals surface area contributed by atoms with Gasteiger partial charge in [-0.2, -0.15) is 0 Å². The van der Waals surface area contributed by atoms with Gasteiger partial charge in [0.25, 0.3) is 5.91 Å². The number of amides is 2. The predicted molar refractivity (Wildman–Crippen MR) is 79.9 cm³/mol. The van der Waals surface area contributed by atoms with E-state index < -0.39 is 41.6 Å². The lowest BCUT2D eigenvalue weighted by atomic mass is 9.89. The minimum atomic E-state index is -1.70. The number of hydrogen-bond acceptors (Lipinski definition) is 4. The Kier molecular flexibility index (Phi) is 5.43. The first-order valence-electron chi connectivity index (χ1n) is 7.45. The van der Waals surface area contributed by atoms with Gasteiger partial charge in [-0.1, -0.05) is 0 Å². The van der Waals surface area contributed by atoms with Crippen molar-refractivity contribution in [2.45, 2.75) is 84.0 Å². The highest BCUT2D eigenvalue weighted by Gasteiger charge is 2.43. The van der Waals surface area contributed by atoms with Crippen molar-refractivity contribution in [3.63, 3.8) is 0 Å². The fraction of sp³-hybridized carbons (Fsp3) is 0.867. The van der Waals surface area contributed by atoms with Crippen LogP contribution in [0.4, 0.5) is 9.18 Å². The van der Waals surface area contributed by atoms with Gasteiger partial charge in [0.1, 0.15) is 11.8 Å². The minimum Gasteiger partial charge on any atom is -0.444 e. The van der Waals surface area contributed by atoms with E-state index in [0.717, 1.165) is 4.90 Å². The Morgan fingerprint density at radius 2 is 1.73 bits per heavy atom. The van der Waals surface area contributed by atoms with Crippen LogP contribution in [0.15, 0.2) is 0 Å². The summed E-state index contributed by atoms with van der Waals surface area (Å²) in [5.41, 5.74) is -1.33. The van der Waals surface area contributed by atoms with Gasteiger partial charge in [-0.25, -0.2) is 9.18 Å². The maximum Gasteiger partial charge on any atom is 0.413 e. The van der Waals surface area contributed by atoms with Crippen molar-refractivity contribution in [3.05, 3.63) is 0 Å². The van der Waals surface area contributed by atoms with Gasteiger partial charge in [-0.3, -0.25) is 9.69 Å². The Morgan fingerprint density at radius 3 is 2.09 bits per heavy atom. The standard InChI is InChI=1S/C15H27FN2O4/c1-14(2,3)17-11(19)12(20)18(10-7-9(16)8-10)13(21)22-15(4,5)6/h9-10,12,20H,7-8H2,1-6H3,(H,17,19). The smallest absolute Gasteiger partial charge is 0.413 e. The van der Waals surface area contributed by atoms with Crippen LogP contribution in [0.2, 0.25) is 0 Å². The van der Waals surface area contributed by atoms with E-state index in [9.17, 15) is 19.1 Å². The molecule has 0 bridgehead atoms. The molecule has 128 valence electrons. The molecule has 0 aliphatic heterocycles. The first kappa shape index (κ1) is 18.7. The molecule has 0 spiro atoms. The number of carbonyl (C=O) groups excluding carboxylic acids is 2. The molecule has 0 aromatic heterocycles. The van der Waals surface area contributed by atoms with Crippen molar-refractivity contribution in [1.29, 1.82) is 0 Å². The van der Waals surface area contributed by atoms with Gasteiger partial charge in [0.2, 0.25) is 6.23 Å². The van der Waals surface area contributed by atoms with Crippen molar-refractivity contribution in [2.24, 2.45) is 0 Å². The maximum atomic E-state index is 13.1. The summed E-state index contributed by atoms with van der Waals surface area (Å²) in [5.74, 6) is -0.708. The van der Waals surface area contributed by atoms with Crippen LogP contribution in [0, 0.1) is 0 Å². The van der Waals surface area contributed by atoms with Crippen LogP contribution in [-0.4, -0.2) is 51.6 Å². The fourth-order valence-electron chi connectivity index (χ4n) is 2.07. The lowest BCUT2D eigenvalue weighted by Gasteiger charge is -2.42. The topological polar surface area (TPSA) is 78.9 Å². The number of aliphatic hydroxyl groups excluding tert-OH is 1. The fourth-order valence-corrected chi connectivity index (χ4v) is 2.07. The Bertz CT molecular complexity index is 422. The minimum absolute atomic E-state index is 0.0963. The zero-order chi connectivity index (χ0) is 17.3. The molecule has 1 rings (SSSR count). The summed E-state index contributed by atoms with van der Waals surface area (Å²) in [7, 11) is 0. The van der Waals surface area contributed by atoms with E-state index in [0.29, 0.717) is 0 Å². The summed E-state index contributed by atoms with van der Waals surface area (Å²) in [6.45, 7) is 10.3. The van der Waals surface area contributed by atoms with Gasteiger partial charge in [-0.15, -0.1) is 0 Å². The number of alkyl halides is 1. The Balaban J connectivity index is 2.86. The van der Waals surface area contributed by atoms with Crippen LogP contribution < -0.4 is 5.32 Å². The van der Waals surface area contributed by atoms with Crippen LogP contribution in [0.25, 0.3) is 0 Å². The second kappa shape index (κ2) is 6.40. The Morgan fingerprint density at radius 1 is 1.23 bits per heavy atom. The van der Waals surface area contributed by atoms with Gasteiger partial charge in [0, 0.05) is 11.6 Å². The molecule has 22 heavy (non-hydrogen) atoms. The largest absolute Gasteiger partial charge is 0.444 e. The first-order chi connectivity index (χ1) is 9.80. The maximum absolute atomic E-state index is 13.1. The quantitative estimate of drug-likeness (QED) is 0.780. The van der Waals surface area contributed by atoms with Gasteiger partial charge in [0.15, 0.2) is 0 Å². The lowest BCUT2D eigenvalue weighted by molar-refractivity contribution is -0.146. The summed E-state index contributed by atoms with van der Waals surface area (Å²) in [6.07, 6.45) is -3.35. The number of ether oxygens (including phenoxy) is 1. The predicted octanol–water partition coefficient (Wildman–Crippen LogP) is 1.96. The summed E-state index contributed by atoms with van der Waals surface area (Å²) >= 11 is 0. The van der Waals surface area contributed by atoms with Crippen LogP contribution in [0.3, 0.4) is 0 Å². The van der Waals surface area contributed by atoms with E-state index in [1.54, 1.807) is 41.5 Å². The molecule has 1 atom stereocenters. The monoisotopic (exact) mass is 318 g/mol. The molecule has 0 saturated heterocycles. The SMILES string of the molecule is CC(C)(C)NC(=O)C(O)N(C(=O)OC(C)(C)C)C1CC(F)C1. The molecule has 1 unspecified atom stereocenters. The number of nitrogens with zero attached hydrogens (tertiary/aromatic N) is 1. The number of nitrogens with one attached hydrogen (secondary N) is 1. The van der Waals surface area contributed by atoms with Crippen LogP contribution >= 0.6 is 0 Å². The molecule has 1 saturated carbocycles. The molecule has 0 aromatic carbocycles. The Labute approximate surface area is 131 Å². The van der Waals surface area contributed by atoms with Gasteiger partial charge >= 0.3 is 6.09 Å². The molecule has 1 fully saturated rings. The van der Waals surface area contributed by atoms with E-state index in [1.165, 1.54) is 0 Å². The average molecular weight is 318 g/mol. The zero-order valence-electron chi connectivity index (χ0n) is 14.1. The molecule has 1 aliphatic rings. The van der Waals surface area contributed by atoms with Gasteiger partial charge in [0.05, 0.1) is 0 Å². The van der Waals surface area contributed by atoms with E-state index in [1.807, 2.05) is 0 Å². The molecule has 0 heterocycles. The number of rotatable bonds is 3. The van der Waals surface area contributed by atoms with Crippen molar-refractivity contribution >= 4 is 12.0 Å². The van der Waals surface area contributed by atoms with Crippen LogP contribution in [0.1, 0.15) is 54.4 Å². The highest BCUT2D eigenvalue weighted by molar-refractivity contribution is 5.85. The van der Waals surface area contributed by atoms with Crippen molar-refractivity contribution < 1.29 is 23.8 Å². The van der Waals surface area contributed by atoms with Crippen molar-refractivity contribution in [3.8, 4) is 0 Å². The molecule has 2 amide bonds. The van der Waals surface area contributed by atoms with Gasteiger partial charge in [-0.05, 0) is 54.4 Å². The number of carbonyl (C=O) groups is 2. The highest BCUT2D eigenvalue weighted by atomic mass is 19.1. The second-order valence-electron chi connectivity index (χ2n) is 7.72. The third-order valence-corrected chi connectivity index (χ3v) is 3.05. The average Bonchev–Trinajstić information content (AvgIpc) is 2.21. The molecule has 2 N–H and O–H groups in total. The normalized spacial score (nSPS) is 23.3. The molecule has 7 heteroatoms. The van der Waals surface area contributed by atoms with Crippen molar-refractivity contribution in [1.82, 2.24) is 10.2 Å². The van der Waals surface area contributed by atoms with Crippen LogP contribution in [-0.2, 0) is 9.53 Å². The molecular formula is C15H27FN2O4. The third kappa shape index (κ3) is 5.44. The number of halogens is 1. The summed E-state index contributed by atoms with van der Waals surface area (Å²) in [4.78, 5) is 25.3. The zero-order valence-corrected chi connectivity index (χ0v) is 14.1. The number of hydrogen-bond donors (Lipinski definition) is 2. The summed E-state index contributed by atoms with van der Waals surface area (Å²) < 4.78 is 18.3. The molecule has 0 aromatic rings. The van der Waals surface area contributed by atoms with Gasteiger partial charge < -0.3 is 15.2 Å². The molecule has 1 aliphatic carbocycles. The lowest BCUT2D eigenvalue weighted by Crippen LogP contribution is -2.60. The third-order valence-electron chi connectivity index (χ3n) is 3.05. The second-order valence-corrected chi connectivity index (χ2v) is 7.72. The van der Waals surface area contributed by atoms with E-state index >= 15 is 0 Å². The van der Waals surface area contributed by atoms with Crippen molar-refractivity contribution in [2.75, 3.05) is 0 Å². The molecular weight excluding hydrogens is 291 g/mol. The summed E-state index contributed by atoms with van der Waals surface area (Å²) in [5, 5.41) is 12.8. The summed E-state index contributed by atoms with van der Waals surface area (Å²) in [6, 6.07) is -0.537. The highest BCUT2D eigenvalue weighted by Crippen LogP contribution is 2.30.